The summed E-state index contributed by atoms with van der Waals surface area (Å²) in [7, 11) is 4.25. The van der Waals surface area contributed by atoms with E-state index in [0.29, 0.717) is 0 Å². The van der Waals surface area contributed by atoms with Crippen LogP contribution in [0.15, 0.2) is 0 Å². The monoisotopic (exact) mass is 265 g/mol. The molecular formula is CdMnO4S. The molecule has 0 unspecified atom stereocenters. The maximum absolute atomic E-state index is 8.58. The van der Waals surface area contributed by atoms with Gasteiger partial charge in [-0.3, -0.25) is 0 Å². The Labute approximate surface area is 59.8 Å². The third-order valence-corrected chi connectivity index (χ3v) is 0. The van der Waals surface area contributed by atoms with E-state index in [1.54, 1.807) is 0 Å². The SMILES string of the molecule is [O]=[Mn](=[O])(=[O])=[O].[S]=[Cd]. The molecule has 0 heterocycles. The van der Waals surface area contributed by atoms with Crippen LogP contribution >= 0.6 is 8.65 Å². The summed E-state index contributed by atoms with van der Waals surface area (Å²) in [6.07, 6.45) is 0. The normalized spacial score (nSPS) is 8.86. The fraction of sp³-hybridized carbons (Fsp3) is 0. The van der Waals surface area contributed by atoms with Gasteiger partial charge in [0.05, 0.1) is 0 Å². The average molecular weight is 263 g/mol. The third-order valence-electron chi connectivity index (χ3n) is 0. The molecule has 0 aromatic heterocycles. The van der Waals surface area contributed by atoms with Gasteiger partial charge >= 0.3 is 60.2 Å². The molecule has 0 saturated carbocycles. The van der Waals surface area contributed by atoms with Crippen molar-refractivity contribution >= 4 is 8.65 Å². The molecular weight excluding hydrogens is 263 g/mol. The van der Waals surface area contributed by atoms with Crippen molar-refractivity contribution in [2.24, 2.45) is 0 Å². The topological polar surface area (TPSA) is 68.3 Å². The van der Waals surface area contributed by atoms with Crippen LogP contribution in [-0.2, 0) is 51.6 Å². The molecule has 4 nitrogen and oxygen atoms in total. The summed E-state index contributed by atoms with van der Waals surface area (Å²) in [6.45, 7) is 0. The van der Waals surface area contributed by atoms with Gasteiger partial charge in [-0.25, -0.2) is 0 Å². The van der Waals surface area contributed by atoms with Crippen LogP contribution in [0.2, 0.25) is 0 Å². The molecule has 39 valence electrons. The zero-order valence-corrected chi connectivity index (χ0v) is 9.16. The summed E-state index contributed by atoms with van der Waals surface area (Å²) in [5, 5.41) is 0. The van der Waals surface area contributed by atoms with Gasteiger partial charge in [-0.1, -0.05) is 0 Å². The molecule has 0 saturated heterocycles. The Hall–Kier alpha value is 0.862. The zero-order valence-electron chi connectivity index (χ0n) is 3.13. The van der Waals surface area contributed by atoms with Crippen molar-refractivity contribution in [3.05, 3.63) is 0 Å². The summed E-state index contributed by atoms with van der Waals surface area (Å²) >= 11 is -4.89. The summed E-state index contributed by atoms with van der Waals surface area (Å²) in [4.78, 5) is 0. The Morgan fingerprint density at radius 2 is 1.00 bits per heavy atom. The van der Waals surface area contributed by atoms with Crippen molar-refractivity contribution in [2.45, 2.75) is 0 Å². The molecule has 0 aliphatic rings. The Morgan fingerprint density at radius 3 is 1.00 bits per heavy atom. The van der Waals surface area contributed by atoms with Gasteiger partial charge in [0.1, 0.15) is 0 Å². The summed E-state index contributed by atoms with van der Waals surface area (Å²) in [5.41, 5.74) is 0. The number of hydrogen-bond acceptors (Lipinski definition) is 5. The van der Waals surface area contributed by atoms with Crippen LogP contribution in [0, 0.1) is 0 Å². The molecule has 0 fully saturated rings. The predicted octanol–water partition coefficient (Wildman–Crippen LogP) is 0.168. The van der Waals surface area contributed by atoms with Gasteiger partial charge in [0.15, 0.2) is 0 Å². The second-order valence-electron chi connectivity index (χ2n) is 0.378. The Morgan fingerprint density at radius 1 is 1.00 bits per heavy atom. The Balaban J connectivity index is 0. The van der Waals surface area contributed by atoms with E-state index in [-0.39, 0.29) is 0 Å². The summed E-state index contributed by atoms with van der Waals surface area (Å²) < 4.78 is 34.3. The molecule has 0 aliphatic heterocycles. The van der Waals surface area contributed by atoms with Crippen LogP contribution in [0.5, 0.6) is 0 Å². The minimum atomic E-state index is -5.62. The first-order valence-electron chi connectivity index (χ1n) is 0.906. The molecule has 0 spiro atoms. The molecule has 7 heavy (non-hydrogen) atoms. The van der Waals surface area contributed by atoms with Crippen molar-refractivity contribution in [1.82, 2.24) is 0 Å². The average Bonchev–Trinajstić information content (AvgIpc) is 1.36. The van der Waals surface area contributed by atoms with E-state index in [2.05, 4.69) is 8.65 Å². The van der Waals surface area contributed by atoms with Gasteiger partial charge in [-0.05, 0) is 0 Å². The van der Waals surface area contributed by atoms with Crippen LogP contribution in [0.25, 0.3) is 0 Å². The molecule has 0 bridgehead atoms. The fourth-order valence-corrected chi connectivity index (χ4v) is 0. The molecule has 0 amide bonds. The summed E-state index contributed by atoms with van der Waals surface area (Å²) in [5.74, 6) is 0. The van der Waals surface area contributed by atoms with E-state index >= 15 is 0 Å². The van der Waals surface area contributed by atoms with Crippen LogP contribution in [0.3, 0.4) is 0 Å². The number of hydrogen-bond donors (Lipinski definition) is 0. The van der Waals surface area contributed by atoms with Crippen molar-refractivity contribution < 1.29 is 51.6 Å². The molecule has 0 aromatic carbocycles. The fourth-order valence-electron chi connectivity index (χ4n) is 0. The van der Waals surface area contributed by atoms with Gasteiger partial charge in [-0.2, -0.15) is 0 Å². The number of rotatable bonds is 0. The second kappa shape index (κ2) is 5.01. The molecule has 0 aromatic rings. The van der Waals surface area contributed by atoms with Crippen LogP contribution < -0.4 is 0 Å². The van der Waals surface area contributed by atoms with Crippen LogP contribution in [0.4, 0.5) is 0 Å². The maximum atomic E-state index is 8.58. The molecule has 0 atom stereocenters. The van der Waals surface area contributed by atoms with E-state index < -0.39 is 12.6 Å². The molecule has 7 heteroatoms. The van der Waals surface area contributed by atoms with Crippen LogP contribution in [0.1, 0.15) is 0 Å². The van der Waals surface area contributed by atoms with Gasteiger partial charge < -0.3 is 0 Å². The predicted molar refractivity (Wildman–Crippen MR) is 10.3 cm³/mol. The molecule has 0 N–H and O–H groups in total. The van der Waals surface area contributed by atoms with Gasteiger partial charge in [-0.15, -0.1) is 0 Å². The van der Waals surface area contributed by atoms with Crippen LogP contribution in [-0.4, -0.2) is 0 Å². The Kier molecular flexibility index (Phi) is 7.71. The first-order valence-corrected chi connectivity index (χ1v) is 8.35. The third kappa shape index (κ3) is 218. The Bertz CT molecular complexity index is 175. The van der Waals surface area contributed by atoms with E-state index in [0.717, 1.165) is 23.7 Å². The van der Waals surface area contributed by atoms with E-state index in [1.165, 1.54) is 0 Å². The quantitative estimate of drug-likeness (QED) is 0.583. The van der Waals surface area contributed by atoms with Crippen molar-refractivity contribution in [3.63, 3.8) is 0 Å². The van der Waals surface area contributed by atoms with Crippen molar-refractivity contribution in [3.8, 4) is 0 Å². The van der Waals surface area contributed by atoms with Crippen molar-refractivity contribution in [1.29, 1.82) is 0 Å². The van der Waals surface area contributed by atoms with E-state index in [4.69, 9.17) is 15.3 Å². The second-order valence-corrected chi connectivity index (χ2v) is 1.56. The van der Waals surface area contributed by atoms with Gasteiger partial charge in [0, 0.05) is 0 Å². The standard InChI is InChI=1S/Cd.Mn.4O.S. The van der Waals surface area contributed by atoms with Gasteiger partial charge in [0.2, 0.25) is 0 Å². The van der Waals surface area contributed by atoms with Gasteiger partial charge in [0.25, 0.3) is 0 Å². The minimum absolute atomic E-state index is 0.733. The van der Waals surface area contributed by atoms with E-state index in [9.17, 15) is 0 Å². The summed E-state index contributed by atoms with van der Waals surface area (Å²) in [6, 6.07) is 0. The first-order chi connectivity index (χ1) is 3.00. The first kappa shape index (κ1) is 10.8. The molecule has 0 aliphatic carbocycles. The molecule has 0 rings (SSSR count). The zero-order chi connectivity index (χ0) is 6.50. The van der Waals surface area contributed by atoms with E-state index in [1.807, 2.05) is 0 Å². The molecule has 0 radical (unpaired) electrons. The van der Waals surface area contributed by atoms with Crippen molar-refractivity contribution in [2.75, 3.05) is 0 Å².